The van der Waals surface area contributed by atoms with Gasteiger partial charge in [-0.2, -0.15) is 0 Å². The Morgan fingerprint density at radius 2 is 2.05 bits per heavy atom. The fourth-order valence-corrected chi connectivity index (χ4v) is 2.56. The van der Waals surface area contributed by atoms with Gasteiger partial charge < -0.3 is 9.72 Å². The van der Waals surface area contributed by atoms with Gasteiger partial charge in [0.2, 0.25) is 0 Å². The van der Waals surface area contributed by atoms with E-state index >= 15 is 0 Å². The van der Waals surface area contributed by atoms with Crippen LogP contribution in [-0.2, 0) is 6.42 Å². The zero-order chi connectivity index (χ0) is 13.5. The Morgan fingerprint density at radius 1 is 1.15 bits per heavy atom. The topological polar surface area (TPSA) is 55.0 Å². The highest BCUT2D eigenvalue weighted by molar-refractivity contribution is 5.79. The molecule has 2 heterocycles. The molecule has 0 amide bonds. The SMILES string of the molecule is O=c1[nH]c(-c2ccc3c(c2)CCO3)nc2ccccc12. The fraction of sp³-hybridized carbons (Fsp3) is 0.125. The molecule has 0 fully saturated rings. The number of ether oxygens (including phenoxy) is 1. The number of fused-ring (bicyclic) bond motifs is 2. The number of hydrogen-bond donors (Lipinski definition) is 1. The maximum Gasteiger partial charge on any atom is 0.259 e. The summed E-state index contributed by atoms with van der Waals surface area (Å²) < 4.78 is 5.49. The highest BCUT2D eigenvalue weighted by Gasteiger charge is 2.14. The average Bonchev–Trinajstić information content (AvgIpc) is 2.94. The molecular formula is C16H12N2O2. The maximum atomic E-state index is 12.1. The van der Waals surface area contributed by atoms with Crippen LogP contribution in [0.5, 0.6) is 5.75 Å². The summed E-state index contributed by atoms with van der Waals surface area (Å²) in [4.78, 5) is 19.5. The molecule has 4 rings (SSSR count). The molecule has 0 unspecified atom stereocenters. The molecule has 0 saturated carbocycles. The van der Waals surface area contributed by atoms with E-state index in [1.54, 1.807) is 6.07 Å². The summed E-state index contributed by atoms with van der Waals surface area (Å²) in [5, 5.41) is 0.612. The van der Waals surface area contributed by atoms with Crippen molar-refractivity contribution in [3.8, 4) is 17.1 Å². The highest BCUT2D eigenvalue weighted by atomic mass is 16.5. The lowest BCUT2D eigenvalue weighted by Crippen LogP contribution is -2.09. The van der Waals surface area contributed by atoms with E-state index in [1.807, 2.05) is 36.4 Å². The predicted molar refractivity (Wildman–Crippen MR) is 77.0 cm³/mol. The van der Waals surface area contributed by atoms with Gasteiger partial charge in [-0.15, -0.1) is 0 Å². The van der Waals surface area contributed by atoms with Gasteiger partial charge in [0.1, 0.15) is 11.6 Å². The summed E-state index contributed by atoms with van der Waals surface area (Å²) in [5.41, 5.74) is 2.68. The van der Waals surface area contributed by atoms with Gasteiger partial charge in [-0.05, 0) is 35.9 Å². The summed E-state index contributed by atoms with van der Waals surface area (Å²) in [6.07, 6.45) is 0.904. The zero-order valence-electron chi connectivity index (χ0n) is 10.7. The van der Waals surface area contributed by atoms with Crippen LogP contribution >= 0.6 is 0 Å². The van der Waals surface area contributed by atoms with Crippen LogP contribution in [0, 0.1) is 0 Å². The van der Waals surface area contributed by atoms with Crippen LogP contribution in [0.1, 0.15) is 5.56 Å². The molecule has 0 radical (unpaired) electrons. The summed E-state index contributed by atoms with van der Waals surface area (Å²) in [7, 11) is 0. The van der Waals surface area contributed by atoms with Crippen molar-refractivity contribution in [2.75, 3.05) is 6.61 Å². The van der Waals surface area contributed by atoms with E-state index < -0.39 is 0 Å². The number of nitrogens with zero attached hydrogens (tertiary/aromatic N) is 1. The number of para-hydroxylation sites is 1. The first kappa shape index (κ1) is 11.2. The Labute approximate surface area is 115 Å². The Balaban J connectivity index is 1.92. The van der Waals surface area contributed by atoms with E-state index in [1.165, 1.54) is 5.56 Å². The first-order valence-corrected chi connectivity index (χ1v) is 6.56. The van der Waals surface area contributed by atoms with Crippen LogP contribution in [0.4, 0.5) is 0 Å². The van der Waals surface area contributed by atoms with Crippen molar-refractivity contribution in [1.29, 1.82) is 0 Å². The molecule has 2 aromatic carbocycles. The molecular weight excluding hydrogens is 252 g/mol. The van der Waals surface area contributed by atoms with Crippen molar-refractivity contribution in [3.63, 3.8) is 0 Å². The fourth-order valence-electron chi connectivity index (χ4n) is 2.56. The molecule has 0 spiro atoms. The molecule has 98 valence electrons. The predicted octanol–water partition coefficient (Wildman–Crippen LogP) is 2.53. The third kappa shape index (κ3) is 1.69. The standard InChI is InChI=1S/C16H12N2O2/c19-16-12-3-1-2-4-13(12)17-15(18-16)11-5-6-14-10(9-11)7-8-20-14/h1-6,9H,7-8H2,(H,17,18,19). The van der Waals surface area contributed by atoms with Gasteiger partial charge >= 0.3 is 0 Å². The molecule has 0 aliphatic carbocycles. The monoisotopic (exact) mass is 264 g/mol. The molecule has 1 N–H and O–H groups in total. The maximum absolute atomic E-state index is 12.1. The van der Waals surface area contributed by atoms with Gasteiger partial charge in [0.05, 0.1) is 17.5 Å². The largest absolute Gasteiger partial charge is 0.493 e. The summed E-state index contributed by atoms with van der Waals surface area (Å²) in [6, 6.07) is 13.3. The smallest absolute Gasteiger partial charge is 0.259 e. The van der Waals surface area contributed by atoms with Crippen LogP contribution in [0.15, 0.2) is 47.3 Å². The van der Waals surface area contributed by atoms with Crippen LogP contribution in [0.25, 0.3) is 22.3 Å². The number of H-pyrrole nitrogens is 1. The quantitative estimate of drug-likeness (QED) is 0.734. The average molecular weight is 264 g/mol. The molecule has 0 saturated heterocycles. The molecule has 0 bridgehead atoms. The molecule has 4 nitrogen and oxygen atoms in total. The van der Waals surface area contributed by atoms with Crippen LogP contribution in [0.3, 0.4) is 0 Å². The van der Waals surface area contributed by atoms with E-state index in [0.717, 1.165) is 24.3 Å². The Bertz CT molecular complexity index is 868. The van der Waals surface area contributed by atoms with Crippen molar-refractivity contribution in [2.24, 2.45) is 0 Å². The van der Waals surface area contributed by atoms with Gasteiger partial charge in [-0.25, -0.2) is 4.98 Å². The second-order valence-corrected chi connectivity index (χ2v) is 4.85. The summed E-state index contributed by atoms with van der Waals surface area (Å²) >= 11 is 0. The lowest BCUT2D eigenvalue weighted by Gasteiger charge is -2.05. The molecule has 1 aromatic heterocycles. The summed E-state index contributed by atoms with van der Waals surface area (Å²) in [5.74, 6) is 1.53. The normalized spacial score (nSPS) is 13.2. The highest BCUT2D eigenvalue weighted by Crippen LogP contribution is 2.29. The second kappa shape index (κ2) is 4.20. The van der Waals surface area contributed by atoms with E-state index in [0.29, 0.717) is 16.7 Å². The van der Waals surface area contributed by atoms with Crippen LogP contribution < -0.4 is 10.3 Å². The number of hydrogen-bond acceptors (Lipinski definition) is 3. The van der Waals surface area contributed by atoms with Crippen molar-refractivity contribution in [1.82, 2.24) is 9.97 Å². The van der Waals surface area contributed by atoms with Gasteiger partial charge in [-0.1, -0.05) is 12.1 Å². The lowest BCUT2D eigenvalue weighted by atomic mass is 10.1. The van der Waals surface area contributed by atoms with Crippen molar-refractivity contribution >= 4 is 10.9 Å². The van der Waals surface area contributed by atoms with Crippen molar-refractivity contribution in [2.45, 2.75) is 6.42 Å². The molecule has 0 atom stereocenters. The molecule has 1 aliphatic rings. The van der Waals surface area contributed by atoms with Gasteiger partial charge in [0.15, 0.2) is 0 Å². The first-order valence-electron chi connectivity index (χ1n) is 6.56. The van der Waals surface area contributed by atoms with Gasteiger partial charge in [0, 0.05) is 12.0 Å². The van der Waals surface area contributed by atoms with Gasteiger partial charge in [0.25, 0.3) is 5.56 Å². The van der Waals surface area contributed by atoms with Gasteiger partial charge in [-0.3, -0.25) is 4.79 Å². The molecule has 1 aliphatic heterocycles. The minimum absolute atomic E-state index is 0.109. The number of nitrogens with one attached hydrogen (secondary N) is 1. The summed E-state index contributed by atoms with van der Waals surface area (Å²) in [6.45, 7) is 0.723. The second-order valence-electron chi connectivity index (χ2n) is 4.85. The van der Waals surface area contributed by atoms with Crippen LogP contribution in [-0.4, -0.2) is 16.6 Å². The number of rotatable bonds is 1. The lowest BCUT2D eigenvalue weighted by molar-refractivity contribution is 0.357. The number of aromatic amines is 1. The third-order valence-electron chi connectivity index (χ3n) is 3.58. The molecule has 20 heavy (non-hydrogen) atoms. The minimum Gasteiger partial charge on any atom is -0.493 e. The minimum atomic E-state index is -0.109. The molecule has 3 aromatic rings. The Kier molecular flexibility index (Phi) is 2.36. The first-order chi connectivity index (χ1) is 9.81. The Morgan fingerprint density at radius 3 is 3.00 bits per heavy atom. The number of aromatic nitrogens is 2. The van der Waals surface area contributed by atoms with E-state index in [2.05, 4.69) is 9.97 Å². The Hall–Kier alpha value is -2.62. The zero-order valence-corrected chi connectivity index (χ0v) is 10.7. The molecule has 4 heteroatoms. The third-order valence-corrected chi connectivity index (χ3v) is 3.58. The van der Waals surface area contributed by atoms with Crippen molar-refractivity contribution < 1.29 is 4.74 Å². The van der Waals surface area contributed by atoms with E-state index in [-0.39, 0.29) is 5.56 Å². The van der Waals surface area contributed by atoms with E-state index in [9.17, 15) is 4.79 Å². The number of benzene rings is 2. The van der Waals surface area contributed by atoms with Crippen LogP contribution in [0.2, 0.25) is 0 Å². The van der Waals surface area contributed by atoms with E-state index in [4.69, 9.17) is 4.74 Å². The van der Waals surface area contributed by atoms with Crippen molar-refractivity contribution in [3.05, 3.63) is 58.4 Å².